The number of thiol groups is 1. The molecular weight excluding hydrogens is 448 g/mol. The molecule has 1 rings (SSSR count). The molecule has 0 spiro atoms. The minimum absolute atomic E-state index is 0.0889. The van der Waals surface area contributed by atoms with E-state index in [4.69, 9.17) is 5.73 Å². The summed E-state index contributed by atoms with van der Waals surface area (Å²) in [6, 6.07) is 4.32. The lowest BCUT2D eigenvalue weighted by molar-refractivity contribution is -0.143. The van der Waals surface area contributed by atoms with Gasteiger partial charge in [-0.3, -0.25) is 14.4 Å². The van der Waals surface area contributed by atoms with Crippen molar-refractivity contribution in [3.63, 3.8) is 0 Å². The Morgan fingerprint density at radius 1 is 0.970 bits per heavy atom. The molecule has 0 heterocycles. The second-order valence-corrected chi connectivity index (χ2v) is 8.34. The van der Waals surface area contributed by atoms with Crippen LogP contribution in [0.2, 0.25) is 0 Å². The number of hydrogen-bond acceptors (Lipinski definition) is 7. The number of carboxylic acid groups (broad SMARTS) is 1. The van der Waals surface area contributed by atoms with Crippen molar-refractivity contribution in [2.24, 2.45) is 11.7 Å². The van der Waals surface area contributed by atoms with Crippen LogP contribution in [-0.2, 0) is 25.6 Å². The third-order valence-electron chi connectivity index (χ3n) is 5.33. The summed E-state index contributed by atoms with van der Waals surface area (Å²) in [5, 5.41) is 26.5. The van der Waals surface area contributed by atoms with Crippen molar-refractivity contribution in [2.75, 3.05) is 5.75 Å². The molecule has 3 amide bonds. The first kappa shape index (κ1) is 28.4. The number of aliphatic hydroxyl groups excluding tert-OH is 1. The fourth-order valence-corrected chi connectivity index (χ4v) is 3.21. The quantitative estimate of drug-likeness (QED) is 0.185. The standard InChI is InChI=1S/C22H34N4O6S/c1-4-12(2)18(22(31)32)26-19(28)15(10-14-8-6-5-7-9-14)24-20(29)16(11-33)25-21(30)17(23)13(3)27/h5-9,12-13,15-18,27,33H,4,10-11,23H2,1-3H3,(H,24,29)(H,25,30)(H,26,28)(H,31,32). The van der Waals surface area contributed by atoms with Gasteiger partial charge in [-0.25, -0.2) is 4.79 Å². The van der Waals surface area contributed by atoms with Crippen LogP contribution in [0.1, 0.15) is 32.8 Å². The van der Waals surface area contributed by atoms with Gasteiger partial charge in [0, 0.05) is 12.2 Å². The fourth-order valence-electron chi connectivity index (χ4n) is 2.95. The highest BCUT2D eigenvalue weighted by molar-refractivity contribution is 7.80. The summed E-state index contributed by atoms with van der Waals surface area (Å²) in [4.78, 5) is 49.6. The average molecular weight is 483 g/mol. The van der Waals surface area contributed by atoms with E-state index in [9.17, 15) is 29.4 Å². The second kappa shape index (κ2) is 13.8. The molecule has 184 valence electrons. The van der Waals surface area contributed by atoms with E-state index < -0.39 is 54.0 Å². The zero-order valence-electron chi connectivity index (χ0n) is 19.0. The Kier molecular flexibility index (Phi) is 11.9. The maximum Gasteiger partial charge on any atom is 0.326 e. The Balaban J connectivity index is 3.05. The number of aliphatic hydroxyl groups is 1. The van der Waals surface area contributed by atoms with E-state index in [1.807, 2.05) is 6.92 Å². The molecule has 0 radical (unpaired) electrons. The molecule has 11 heteroatoms. The number of aliphatic carboxylic acids is 1. The summed E-state index contributed by atoms with van der Waals surface area (Å²) >= 11 is 4.09. The maximum atomic E-state index is 13.0. The van der Waals surface area contributed by atoms with E-state index in [2.05, 4.69) is 28.6 Å². The topological polar surface area (TPSA) is 171 Å². The van der Waals surface area contributed by atoms with Gasteiger partial charge in [-0.2, -0.15) is 12.6 Å². The summed E-state index contributed by atoms with van der Waals surface area (Å²) < 4.78 is 0. The van der Waals surface area contributed by atoms with Gasteiger partial charge in [-0.15, -0.1) is 0 Å². The van der Waals surface area contributed by atoms with Crippen molar-refractivity contribution in [3.05, 3.63) is 35.9 Å². The molecule has 0 bridgehead atoms. The zero-order chi connectivity index (χ0) is 25.1. The zero-order valence-corrected chi connectivity index (χ0v) is 19.9. The van der Waals surface area contributed by atoms with Crippen LogP contribution in [-0.4, -0.2) is 69.9 Å². The molecular formula is C22H34N4O6S. The van der Waals surface area contributed by atoms with Crippen LogP contribution < -0.4 is 21.7 Å². The predicted molar refractivity (Wildman–Crippen MR) is 127 cm³/mol. The minimum atomic E-state index is -1.24. The van der Waals surface area contributed by atoms with Crippen LogP contribution in [0, 0.1) is 5.92 Å². The van der Waals surface area contributed by atoms with Gasteiger partial charge in [0.2, 0.25) is 17.7 Å². The number of carbonyl (C=O) groups is 4. The number of benzene rings is 1. The lowest BCUT2D eigenvalue weighted by Crippen LogP contribution is -2.59. The molecule has 0 aromatic heterocycles. The summed E-state index contributed by atoms with van der Waals surface area (Å²) in [6.07, 6.45) is -0.491. The van der Waals surface area contributed by atoms with Crippen molar-refractivity contribution < 1.29 is 29.4 Å². The van der Waals surface area contributed by atoms with Crippen molar-refractivity contribution in [1.82, 2.24) is 16.0 Å². The Hall–Kier alpha value is -2.63. The average Bonchev–Trinajstić information content (AvgIpc) is 2.79. The molecule has 6 unspecified atom stereocenters. The number of nitrogens with two attached hydrogens (primary N) is 1. The lowest BCUT2D eigenvalue weighted by Gasteiger charge is -2.26. The monoisotopic (exact) mass is 482 g/mol. The van der Waals surface area contributed by atoms with Crippen molar-refractivity contribution in [2.45, 2.75) is 63.9 Å². The number of hydrogen-bond donors (Lipinski definition) is 7. The predicted octanol–water partition coefficient (Wildman–Crippen LogP) is -0.548. The van der Waals surface area contributed by atoms with Gasteiger partial charge >= 0.3 is 5.97 Å². The Morgan fingerprint density at radius 3 is 2.00 bits per heavy atom. The van der Waals surface area contributed by atoms with E-state index >= 15 is 0 Å². The Labute approximate surface area is 199 Å². The molecule has 7 N–H and O–H groups in total. The maximum absolute atomic E-state index is 13.0. The third kappa shape index (κ3) is 9.03. The SMILES string of the molecule is CCC(C)C(NC(=O)C(Cc1ccccc1)NC(=O)C(CS)NC(=O)C(N)C(C)O)C(=O)O. The van der Waals surface area contributed by atoms with Gasteiger partial charge in [-0.05, 0) is 18.4 Å². The molecule has 0 saturated heterocycles. The first-order chi connectivity index (χ1) is 15.5. The molecule has 10 nitrogen and oxygen atoms in total. The smallest absolute Gasteiger partial charge is 0.326 e. The summed E-state index contributed by atoms with van der Waals surface area (Å²) in [5.41, 5.74) is 6.35. The summed E-state index contributed by atoms with van der Waals surface area (Å²) in [7, 11) is 0. The van der Waals surface area contributed by atoms with Gasteiger partial charge in [-0.1, -0.05) is 50.6 Å². The molecule has 33 heavy (non-hydrogen) atoms. The number of rotatable bonds is 13. The summed E-state index contributed by atoms with van der Waals surface area (Å²) in [5.74, 6) is -3.69. The largest absolute Gasteiger partial charge is 0.480 e. The van der Waals surface area contributed by atoms with Gasteiger partial charge in [0.05, 0.1) is 6.10 Å². The van der Waals surface area contributed by atoms with E-state index in [1.54, 1.807) is 37.3 Å². The molecule has 0 aliphatic rings. The number of amides is 3. The molecule has 0 fully saturated rings. The highest BCUT2D eigenvalue weighted by Gasteiger charge is 2.32. The minimum Gasteiger partial charge on any atom is -0.480 e. The van der Waals surface area contributed by atoms with Crippen LogP contribution in [0.15, 0.2) is 30.3 Å². The lowest BCUT2D eigenvalue weighted by atomic mass is 9.98. The fraction of sp³-hybridized carbons (Fsp3) is 0.545. The van der Waals surface area contributed by atoms with E-state index in [-0.39, 0.29) is 18.1 Å². The van der Waals surface area contributed by atoms with Gasteiger partial charge in [0.15, 0.2) is 0 Å². The highest BCUT2D eigenvalue weighted by Crippen LogP contribution is 2.10. The van der Waals surface area contributed by atoms with Crippen LogP contribution in [0.4, 0.5) is 0 Å². The Morgan fingerprint density at radius 2 is 1.52 bits per heavy atom. The molecule has 0 saturated carbocycles. The number of carboxylic acids is 1. The first-order valence-electron chi connectivity index (χ1n) is 10.7. The first-order valence-corrected chi connectivity index (χ1v) is 11.4. The van der Waals surface area contributed by atoms with Crippen LogP contribution in [0.25, 0.3) is 0 Å². The van der Waals surface area contributed by atoms with E-state index in [0.29, 0.717) is 6.42 Å². The number of carbonyl (C=O) groups excluding carboxylic acids is 3. The molecule has 0 aliphatic carbocycles. The van der Waals surface area contributed by atoms with Crippen molar-refractivity contribution in [3.8, 4) is 0 Å². The van der Waals surface area contributed by atoms with E-state index in [1.165, 1.54) is 6.92 Å². The van der Waals surface area contributed by atoms with E-state index in [0.717, 1.165) is 5.56 Å². The molecule has 0 aliphatic heterocycles. The normalized spacial score (nSPS) is 16.4. The van der Waals surface area contributed by atoms with Crippen molar-refractivity contribution >= 4 is 36.3 Å². The molecule has 6 atom stereocenters. The third-order valence-corrected chi connectivity index (χ3v) is 5.70. The second-order valence-electron chi connectivity index (χ2n) is 7.97. The molecule has 1 aromatic rings. The van der Waals surface area contributed by atoms with Crippen LogP contribution in [0.5, 0.6) is 0 Å². The van der Waals surface area contributed by atoms with Gasteiger partial charge < -0.3 is 31.9 Å². The highest BCUT2D eigenvalue weighted by atomic mass is 32.1. The molecule has 1 aromatic carbocycles. The number of nitrogens with one attached hydrogen (secondary N) is 3. The van der Waals surface area contributed by atoms with Gasteiger partial charge in [0.1, 0.15) is 24.2 Å². The van der Waals surface area contributed by atoms with Crippen molar-refractivity contribution in [1.29, 1.82) is 0 Å². The van der Waals surface area contributed by atoms with Gasteiger partial charge in [0.25, 0.3) is 0 Å². The van der Waals surface area contributed by atoms with Crippen LogP contribution in [0.3, 0.4) is 0 Å². The van der Waals surface area contributed by atoms with Crippen LogP contribution >= 0.6 is 12.6 Å². The summed E-state index contributed by atoms with van der Waals surface area (Å²) in [6.45, 7) is 4.87. The Bertz CT molecular complexity index is 807.